The van der Waals surface area contributed by atoms with Crippen LogP contribution in [0.3, 0.4) is 0 Å². The van der Waals surface area contributed by atoms with Gasteiger partial charge >= 0.3 is 12.3 Å². The Balaban J connectivity index is 1.79. The van der Waals surface area contributed by atoms with Gasteiger partial charge in [0, 0.05) is 6.20 Å². The Kier molecular flexibility index (Phi) is 5.98. The lowest BCUT2D eigenvalue weighted by atomic mass is 9.90. The van der Waals surface area contributed by atoms with E-state index in [1.807, 2.05) is 0 Å². The lowest BCUT2D eigenvalue weighted by Gasteiger charge is -2.25. The van der Waals surface area contributed by atoms with E-state index in [1.54, 1.807) is 30.3 Å². The molecule has 2 aromatic rings. The Labute approximate surface area is 156 Å². The molecular weight excluding hydrogens is 357 g/mol. The number of nitrogens with zero attached hydrogens (tertiary/aromatic N) is 2. The van der Waals surface area contributed by atoms with Crippen LogP contribution >= 0.6 is 0 Å². The molecule has 0 aliphatic heterocycles. The Morgan fingerprint density at radius 1 is 1.07 bits per heavy atom. The molecule has 4 nitrogen and oxygen atoms in total. The van der Waals surface area contributed by atoms with Crippen molar-refractivity contribution in [3.8, 4) is 0 Å². The van der Waals surface area contributed by atoms with Crippen LogP contribution in [0.1, 0.15) is 37.7 Å². The highest BCUT2D eigenvalue weighted by atomic mass is 19.4. The fourth-order valence-electron chi connectivity index (χ4n) is 3.20. The number of aromatic nitrogens is 1. The minimum absolute atomic E-state index is 0.0860. The number of amides is 1. The van der Waals surface area contributed by atoms with Gasteiger partial charge in [-0.1, -0.05) is 37.5 Å². The van der Waals surface area contributed by atoms with Crippen molar-refractivity contribution in [3.05, 3.63) is 54.2 Å². The summed E-state index contributed by atoms with van der Waals surface area (Å²) in [6, 6.07) is 10.7. The molecule has 0 spiro atoms. The second-order valence-corrected chi connectivity index (χ2v) is 6.65. The van der Waals surface area contributed by atoms with Crippen molar-refractivity contribution >= 4 is 17.6 Å². The molecule has 1 saturated carbocycles. The molecular formula is C20H21F3N2O2. The van der Waals surface area contributed by atoms with E-state index in [4.69, 9.17) is 4.74 Å². The molecule has 1 aromatic heterocycles. The monoisotopic (exact) mass is 378 g/mol. The van der Waals surface area contributed by atoms with E-state index in [2.05, 4.69) is 4.98 Å². The summed E-state index contributed by atoms with van der Waals surface area (Å²) in [4.78, 5) is 17.8. The van der Waals surface area contributed by atoms with Crippen molar-refractivity contribution in [2.24, 2.45) is 5.92 Å². The van der Waals surface area contributed by atoms with Crippen LogP contribution in [-0.2, 0) is 10.9 Å². The number of halogens is 3. The van der Waals surface area contributed by atoms with Gasteiger partial charge in [0.2, 0.25) is 0 Å². The van der Waals surface area contributed by atoms with Crippen molar-refractivity contribution in [3.63, 3.8) is 0 Å². The second kappa shape index (κ2) is 8.41. The molecule has 27 heavy (non-hydrogen) atoms. The highest BCUT2D eigenvalue weighted by Gasteiger charge is 2.31. The van der Waals surface area contributed by atoms with Crippen LogP contribution in [0.2, 0.25) is 0 Å². The zero-order chi connectivity index (χ0) is 19.3. The first-order valence-electron chi connectivity index (χ1n) is 9.00. The maximum atomic E-state index is 12.8. The van der Waals surface area contributed by atoms with Crippen LogP contribution in [0.4, 0.5) is 29.5 Å². The van der Waals surface area contributed by atoms with Crippen molar-refractivity contribution in [2.45, 2.75) is 38.3 Å². The van der Waals surface area contributed by atoms with Crippen LogP contribution < -0.4 is 4.90 Å². The molecule has 0 saturated heterocycles. The average molecular weight is 378 g/mol. The van der Waals surface area contributed by atoms with Gasteiger partial charge in [-0.15, -0.1) is 0 Å². The molecule has 0 radical (unpaired) electrons. The summed E-state index contributed by atoms with van der Waals surface area (Å²) in [7, 11) is 0. The van der Waals surface area contributed by atoms with Crippen LogP contribution in [0, 0.1) is 5.92 Å². The Morgan fingerprint density at radius 2 is 1.78 bits per heavy atom. The van der Waals surface area contributed by atoms with Gasteiger partial charge in [-0.2, -0.15) is 13.2 Å². The van der Waals surface area contributed by atoms with Gasteiger partial charge in [-0.05, 0) is 43.0 Å². The molecule has 1 aliphatic rings. The molecule has 0 unspecified atom stereocenters. The number of hydrogen-bond acceptors (Lipinski definition) is 3. The summed E-state index contributed by atoms with van der Waals surface area (Å²) in [5.41, 5.74) is -0.381. The number of alkyl halides is 3. The molecule has 3 rings (SSSR count). The van der Waals surface area contributed by atoms with Crippen LogP contribution in [0.5, 0.6) is 0 Å². The first kappa shape index (κ1) is 19.2. The summed E-state index contributed by atoms with van der Waals surface area (Å²) in [5, 5.41) is 0. The average Bonchev–Trinajstić information content (AvgIpc) is 2.68. The molecule has 0 N–H and O–H groups in total. The molecule has 7 heteroatoms. The van der Waals surface area contributed by atoms with Crippen LogP contribution in [-0.4, -0.2) is 17.7 Å². The number of pyridine rings is 1. The third kappa shape index (κ3) is 4.99. The minimum Gasteiger partial charge on any atom is -0.449 e. The van der Waals surface area contributed by atoms with Crippen LogP contribution in [0.15, 0.2) is 48.7 Å². The second-order valence-electron chi connectivity index (χ2n) is 6.65. The van der Waals surface area contributed by atoms with E-state index >= 15 is 0 Å². The SMILES string of the molecule is O=C(OCC1CCCCC1)N(c1ccccc1)c1ccc(C(F)(F)F)cn1. The first-order chi connectivity index (χ1) is 12.9. The number of carbonyl (C=O) groups excluding carboxylic acids is 1. The first-order valence-corrected chi connectivity index (χ1v) is 9.00. The fourth-order valence-corrected chi connectivity index (χ4v) is 3.20. The van der Waals surface area contributed by atoms with E-state index in [1.165, 1.54) is 17.4 Å². The van der Waals surface area contributed by atoms with E-state index in [0.717, 1.165) is 37.9 Å². The lowest BCUT2D eigenvalue weighted by molar-refractivity contribution is -0.137. The Morgan fingerprint density at radius 3 is 2.37 bits per heavy atom. The van der Waals surface area contributed by atoms with Crippen molar-refractivity contribution in [1.29, 1.82) is 0 Å². The maximum Gasteiger partial charge on any atom is 0.420 e. The van der Waals surface area contributed by atoms with Gasteiger partial charge in [0.25, 0.3) is 0 Å². The van der Waals surface area contributed by atoms with Crippen molar-refractivity contribution < 1.29 is 22.7 Å². The number of rotatable bonds is 4. The highest BCUT2D eigenvalue weighted by Crippen LogP contribution is 2.31. The summed E-state index contributed by atoms with van der Waals surface area (Å²) in [6.45, 7) is 0.308. The minimum atomic E-state index is -4.48. The summed E-state index contributed by atoms with van der Waals surface area (Å²) < 4.78 is 43.8. The number of ether oxygens (including phenoxy) is 1. The van der Waals surface area contributed by atoms with Crippen LogP contribution in [0.25, 0.3) is 0 Å². The molecule has 1 amide bonds. The fraction of sp³-hybridized carbons (Fsp3) is 0.400. The number of benzene rings is 1. The maximum absolute atomic E-state index is 12.8. The van der Waals surface area contributed by atoms with Crippen molar-refractivity contribution in [1.82, 2.24) is 4.98 Å². The highest BCUT2D eigenvalue weighted by molar-refractivity contribution is 5.94. The predicted molar refractivity (Wildman–Crippen MR) is 95.7 cm³/mol. The quantitative estimate of drug-likeness (QED) is 0.660. The molecule has 1 aromatic carbocycles. The van der Waals surface area contributed by atoms with Gasteiger partial charge in [-0.3, -0.25) is 0 Å². The number of carbonyl (C=O) groups is 1. The van der Waals surface area contributed by atoms with Gasteiger partial charge in [0.1, 0.15) is 5.82 Å². The van der Waals surface area contributed by atoms with E-state index in [9.17, 15) is 18.0 Å². The molecule has 0 bridgehead atoms. The molecule has 1 heterocycles. The topological polar surface area (TPSA) is 42.4 Å². The summed E-state index contributed by atoms with van der Waals surface area (Å²) in [6.07, 6.45) is 1.11. The molecule has 144 valence electrons. The zero-order valence-electron chi connectivity index (χ0n) is 14.8. The smallest absolute Gasteiger partial charge is 0.420 e. The zero-order valence-corrected chi connectivity index (χ0v) is 14.8. The molecule has 0 atom stereocenters. The summed E-state index contributed by atoms with van der Waals surface area (Å²) >= 11 is 0. The standard InChI is InChI=1S/C20H21F3N2O2/c21-20(22,23)16-11-12-18(24-13-16)25(17-9-5-2-6-10-17)19(26)27-14-15-7-3-1-4-8-15/h2,5-6,9-13,15H,1,3-4,7-8,14H2. The van der Waals surface area contributed by atoms with Crippen molar-refractivity contribution in [2.75, 3.05) is 11.5 Å². The van der Waals surface area contributed by atoms with Gasteiger partial charge in [-0.25, -0.2) is 14.7 Å². The normalized spacial score (nSPS) is 15.4. The lowest BCUT2D eigenvalue weighted by Crippen LogP contribution is -2.29. The Bertz CT molecular complexity index is 742. The predicted octanol–water partition coefficient (Wildman–Crippen LogP) is 5.96. The largest absolute Gasteiger partial charge is 0.449 e. The van der Waals surface area contributed by atoms with E-state index in [-0.39, 0.29) is 5.82 Å². The third-order valence-corrected chi connectivity index (χ3v) is 4.67. The van der Waals surface area contributed by atoms with Gasteiger partial charge in [0.15, 0.2) is 0 Å². The number of anilines is 2. The van der Waals surface area contributed by atoms with E-state index in [0.29, 0.717) is 18.2 Å². The van der Waals surface area contributed by atoms with Gasteiger partial charge < -0.3 is 4.74 Å². The van der Waals surface area contributed by atoms with Gasteiger partial charge in [0.05, 0.1) is 17.9 Å². The van der Waals surface area contributed by atoms with E-state index < -0.39 is 17.8 Å². The third-order valence-electron chi connectivity index (χ3n) is 4.67. The Hall–Kier alpha value is -2.57. The number of para-hydroxylation sites is 1. The molecule has 1 aliphatic carbocycles. The number of hydrogen-bond donors (Lipinski definition) is 0. The summed E-state index contributed by atoms with van der Waals surface area (Å²) in [5.74, 6) is 0.420. The molecule has 1 fully saturated rings.